The van der Waals surface area contributed by atoms with Crippen LogP contribution in [0.25, 0.3) is 0 Å². The predicted molar refractivity (Wildman–Crippen MR) is 198 cm³/mol. The van der Waals surface area contributed by atoms with E-state index in [0.717, 1.165) is 22.8 Å². The summed E-state index contributed by atoms with van der Waals surface area (Å²) in [5.41, 5.74) is 2.94. The van der Waals surface area contributed by atoms with Crippen LogP contribution in [-0.2, 0) is 0 Å². The Labute approximate surface area is 278 Å². The van der Waals surface area contributed by atoms with Gasteiger partial charge in [-0.15, -0.1) is 0 Å². The van der Waals surface area contributed by atoms with Gasteiger partial charge in [0.1, 0.15) is 0 Å². The van der Waals surface area contributed by atoms with E-state index in [-0.39, 0.29) is 0 Å². The van der Waals surface area contributed by atoms with Gasteiger partial charge in [-0.1, -0.05) is 180 Å². The third-order valence-corrected chi connectivity index (χ3v) is 8.33. The van der Waals surface area contributed by atoms with Crippen molar-refractivity contribution in [2.45, 2.75) is 194 Å². The Morgan fingerprint density at radius 3 is 1.18 bits per heavy atom. The summed E-state index contributed by atoms with van der Waals surface area (Å²) in [6.07, 6.45) is 20.5. The van der Waals surface area contributed by atoms with Gasteiger partial charge in [-0.3, -0.25) is 0 Å². The first-order valence-electron chi connectivity index (χ1n) is 18.4. The molecule has 2 nitrogen and oxygen atoms in total. The zero-order chi connectivity index (χ0) is 34.1. The van der Waals surface area contributed by atoms with E-state index in [0.29, 0.717) is 28.5 Å². The van der Waals surface area contributed by atoms with Gasteiger partial charge in [0.15, 0.2) is 11.5 Å². The SMILES string of the molecule is C1CCCC1.CC(C)(C)C.CC(C)(C)CC1CCC1.CCC(C)(C)C.CCC1(CC(C)(C)C)CC1.c1ccc2c(c1)OCO2. The van der Waals surface area contributed by atoms with Gasteiger partial charge in [0.25, 0.3) is 0 Å². The normalized spacial score (nSPS) is 18.2. The van der Waals surface area contributed by atoms with Crippen LogP contribution in [-0.4, -0.2) is 6.79 Å². The average molecular weight is 617 g/mol. The molecule has 0 unspecified atom stereocenters. The van der Waals surface area contributed by atoms with E-state index in [2.05, 4.69) is 104 Å². The van der Waals surface area contributed by atoms with Crippen LogP contribution in [0.5, 0.6) is 11.5 Å². The highest BCUT2D eigenvalue weighted by Crippen LogP contribution is 2.55. The van der Waals surface area contributed by atoms with Crippen LogP contribution in [0.3, 0.4) is 0 Å². The highest BCUT2D eigenvalue weighted by Gasteiger charge is 2.42. The highest BCUT2D eigenvalue weighted by molar-refractivity contribution is 5.40. The van der Waals surface area contributed by atoms with Crippen LogP contribution in [0.4, 0.5) is 0 Å². The molecule has 3 saturated carbocycles. The molecule has 5 rings (SSSR count). The second-order valence-electron chi connectivity index (χ2n) is 19.2. The molecule has 0 amide bonds. The molecule has 0 radical (unpaired) electrons. The Hall–Kier alpha value is -1.18. The van der Waals surface area contributed by atoms with E-state index in [1.807, 2.05) is 24.3 Å². The summed E-state index contributed by atoms with van der Waals surface area (Å²) < 4.78 is 10.2. The Kier molecular flexibility index (Phi) is 19.6. The molecule has 4 aliphatic rings. The minimum atomic E-state index is 0.360. The van der Waals surface area contributed by atoms with Crippen molar-refractivity contribution >= 4 is 0 Å². The zero-order valence-corrected chi connectivity index (χ0v) is 32.8. The van der Waals surface area contributed by atoms with Gasteiger partial charge in [-0.25, -0.2) is 0 Å². The van der Waals surface area contributed by atoms with Crippen LogP contribution in [0, 0.1) is 33.0 Å². The summed E-state index contributed by atoms with van der Waals surface area (Å²) in [6.45, 7) is 34.4. The quantitative estimate of drug-likeness (QED) is 0.336. The van der Waals surface area contributed by atoms with Crippen molar-refractivity contribution in [3.8, 4) is 11.5 Å². The Bertz CT molecular complexity index is 792. The summed E-state index contributed by atoms with van der Waals surface area (Å²) in [4.78, 5) is 0. The number of hydrogen-bond acceptors (Lipinski definition) is 2. The third kappa shape index (κ3) is 27.2. The summed E-state index contributed by atoms with van der Waals surface area (Å²) in [6, 6.07) is 7.63. The van der Waals surface area contributed by atoms with E-state index < -0.39 is 0 Å². The van der Waals surface area contributed by atoms with Crippen LogP contribution in [0.2, 0.25) is 0 Å². The summed E-state index contributed by atoms with van der Waals surface area (Å²) in [5, 5.41) is 0. The van der Waals surface area contributed by atoms with Crippen molar-refractivity contribution < 1.29 is 9.47 Å². The highest BCUT2D eigenvalue weighted by atomic mass is 16.7. The maximum Gasteiger partial charge on any atom is 0.231 e. The molecular weight excluding hydrogens is 536 g/mol. The summed E-state index contributed by atoms with van der Waals surface area (Å²) in [7, 11) is 0. The lowest BCUT2D eigenvalue weighted by molar-refractivity contribution is 0.174. The first kappa shape index (κ1) is 42.8. The van der Waals surface area contributed by atoms with Crippen LogP contribution < -0.4 is 9.47 Å². The van der Waals surface area contributed by atoms with E-state index in [9.17, 15) is 0 Å². The molecule has 0 saturated heterocycles. The molecule has 3 aliphatic carbocycles. The van der Waals surface area contributed by atoms with Crippen LogP contribution in [0.15, 0.2) is 24.3 Å². The first-order valence-corrected chi connectivity index (χ1v) is 18.4. The van der Waals surface area contributed by atoms with E-state index in [4.69, 9.17) is 9.47 Å². The predicted octanol–water partition coefficient (Wildman–Crippen LogP) is 14.7. The largest absolute Gasteiger partial charge is 0.454 e. The monoisotopic (exact) mass is 617 g/mol. The molecule has 44 heavy (non-hydrogen) atoms. The number of rotatable bonds is 3. The molecular formula is C42H80O2. The molecule has 260 valence electrons. The first-order chi connectivity index (χ1) is 20.1. The molecule has 0 atom stereocenters. The minimum absolute atomic E-state index is 0.360. The fourth-order valence-corrected chi connectivity index (χ4v) is 5.25. The maximum absolute atomic E-state index is 5.08. The fourth-order valence-electron chi connectivity index (χ4n) is 5.25. The summed E-state index contributed by atoms with van der Waals surface area (Å²) >= 11 is 0. The standard InChI is InChI=1S/C10H20.C9H18.C7H6O2.C6H14.C5H10.C5H12/c1-5-10(6-7-10)8-9(2,3)4;1-9(2,3)7-8-5-4-6-8;1-2-4-7-6(3-1)8-5-9-7;1-5-6(2,3)4;1-2-4-5-3-1;1-5(2,3)4/h5-8H2,1-4H3;8H,4-7H2,1-3H3;1-4H,5H2;5H2,1-4H3;1-5H2;1-4H3. The lowest BCUT2D eigenvalue weighted by atomic mass is 9.74. The molecule has 1 aromatic carbocycles. The van der Waals surface area contributed by atoms with Crippen molar-refractivity contribution in [1.82, 2.24) is 0 Å². The number of fused-ring (bicyclic) bond motifs is 1. The number of benzene rings is 1. The van der Waals surface area contributed by atoms with Gasteiger partial charge in [-0.05, 0) is 70.8 Å². The van der Waals surface area contributed by atoms with Crippen molar-refractivity contribution in [3.63, 3.8) is 0 Å². The van der Waals surface area contributed by atoms with Gasteiger partial charge in [-0.2, -0.15) is 0 Å². The Morgan fingerprint density at radius 1 is 0.614 bits per heavy atom. The van der Waals surface area contributed by atoms with Gasteiger partial charge in [0.2, 0.25) is 6.79 Å². The van der Waals surface area contributed by atoms with Crippen molar-refractivity contribution in [3.05, 3.63) is 24.3 Å². The van der Waals surface area contributed by atoms with Gasteiger partial charge in [0, 0.05) is 0 Å². The Balaban J connectivity index is 0.000000516. The van der Waals surface area contributed by atoms with Crippen molar-refractivity contribution in [2.75, 3.05) is 6.79 Å². The second kappa shape index (κ2) is 20.1. The average Bonchev–Trinajstić information content (AvgIpc) is 3.26. The van der Waals surface area contributed by atoms with Crippen LogP contribution >= 0.6 is 0 Å². The van der Waals surface area contributed by atoms with Crippen molar-refractivity contribution in [1.29, 1.82) is 0 Å². The van der Waals surface area contributed by atoms with Crippen molar-refractivity contribution in [2.24, 2.45) is 33.0 Å². The minimum Gasteiger partial charge on any atom is -0.454 e. The molecule has 1 heterocycles. The number of ether oxygens (including phenoxy) is 2. The lowest BCUT2D eigenvalue weighted by Crippen LogP contribution is -2.18. The lowest BCUT2D eigenvalue weighted by Gasteiger charge is -2.31. The topological polar surface area (TPSA) is 18.5 Å². The maximum atomic E-state index is 5.08. The van der Waals surface area contributed by atoms with Crippen LogP contribution in [0.1, 0.15) is 194 Å². The zero-order valence-electron chi connectivity index (χ0n) is 32.8. The Morgan fingerprint density at radius 2 is 1.00 bits per heavy atom. The van der Waals surface area contributed by atoms with E-state index in [1.54, 1.807) is 0 Å². The smallest absolute Gasteiger partial charge is 0.231 e. The molecule has 1 aromatic rings. The van der Waals surface area contributed by atoms with Gasteiger partial charge in [0.05, 0.1) is 0 Å². The molecule has 1 aliphatic heterocycles. The molecule has 2 heteroatoms. The van der Waals surface area contributed by atoms with E-state index >= 15 is 0 Å². The molecule has 0 bridgehead atoms. The van der Waals surface area contributed by atoms with Gasteiger partial charge < -0.3 is 9.47 Å². The molecule has 0 aromatic heterocycles. The fraction of sp³-hybridized carbons (Fsp3) is 0.857. The molecule has 3 fully saturated rings. The second-order valence-corrected chi connectivity index (χ2v) is 19.2. The third-order valence-electron chi connectivity index (χ3n) is 8.33. The van der Waals surface area contributed by atoms with Gasteiger partial charge >= 0.3 is 0 Å². The molecule has 0 spiro atoms. The number of para-hydroxylation sites is 2. The van der Waals surface area contributed by atoms with E-state index in [1.165, 1.54) is 89.9 Å². The number of hydrogen-bond donors (Lipinski definition) is 0. The summed E-state index contributed by atoms with van der Waals surface area (Å²) in [5.74, 6) is 2.76. The molecule has 0 N–H and O–H groups in total.